The summed E-state index contributed by atoms with van der Waals surface area (Å²) in [7, 11) is 0. The van der Waals surface area contributed by atoms with Crippen molar-refractivity contribution in [3.05, 3.63) is 0 Å². The van der Waals surface area contributed by atoms with Crippen LogP contribution in [0.25, 0.3) is 0 Å². The molecule has 1 aliphatic rings. The Labute approximate surface area is 75.6 Å². The number of halogens is 1. The van der Waals surface area contributed by atoms with Crippen LogP contribution in [0.3, 0.4) is 0 Å². The fraction of sp³-hybridized carbons (Fsp3) is 1.00. The number of hydrogen-bond donors (Lipinski definition) is 0. The van der Waals surface area contributed by atoms with Gasteiger partial charge in [-0.1, -0.05) is 13.8 Å². The SMILES string of the molecule is CC1(C)OOB(I)C1(C)C. The van der Waals surface area contributed by atoms with Crippen molar-refractivity contribution in [2.24, 2.45) is 0 Å². The van der Waals surface area contributed by atoms with E-state index in [9.17, 15) is 0 Å². The van der Waals surface area contributed by atoms with Gasteiger partial charge in [0.25, 0.3) is 0 Å². The quantitative estimate of drug-likeness (QED) is 0.375. The van der Waals surface area contributed by atoms with Crippen LogP contribution >= 0.6 is 22.4 Å². The van der Waals surface area contributed by atoms with Crippen molar-refractivity contribution in [1.82, 2.24) is 0 Å². The normalized spacial score (nSPS) is 29.1. The third kappa shape index (κ3) is 1.10. The van der Waals surface area contributed by atoms with Gasteiger partial charge in [0.15, 0.2) is 0 Å². The summed E-state index contributed by atoms with van der Waals surface area (Å²) in [6, 6.07) is 0. The Hall–Kier alpha value is 0.715. The molecule has 0 radical (unpaired) electrons. The van der Waals surface area contributed by atoms with Crippen LogP contribution in [-0.2, 0) is 9.69 Å². The molecule has 0 aromatic rings. The van der Waals surface area contributed by atoms with E-state index in [1.54, 1.807) is 0 Å². The largest absolute Gasteiger partial charge is 0.416 e. The summed E-state index contributed by atoms with van der Waals surface area (Å²) < 4.78 is 0.153. The van der Waals surface area contributed by atoms with Crippen molar-refractivity contribution in [2.75, 3.05) is 0 Å². The molecule has 0 N–H and O–H groups in total. The molecular formula is C6H12BIO2. The maximum Gasteiger partial charge on any atom is 0.416 e. The molecule has 10 heavy (non-hydrogen) atoms. The summed E-state index contributed by atoms with van der Waals surface area (Å²) in [5.74, 6) is 0. The van der Waals surface area contributed by atoms with Crippen LogP contribution in [0.2, 0.25) is 5.31 Å². The molecule has 0 amide bonds. The lowest BCUT2D eigenvalue weighted by Crippen LogP contribution is -2.34. The zero-order valence-corrected chi connectivity index (χ0v) is 8.93. The minimum Gasteiger partial charge on any atom is -0.289 e. The Morgan fingerprint density at radius 1 is 1.20 bits per heavy atom. The van der Waals surface area contributed by atoms with Gasteiger partial charge in [-0.05, 0) is 13.8 Å². The molecular weight excluding hydrogens is 242 g/mol. The summed E-state index contributed by atoms with van der Waals surface area (Å²) in [5, 5.41) is 0.0908. The summed E-state index contributed by atoms with van der Waals surface area (Å²) >= 11 is 2.25. The molecule has 0 unspecified atom stereocenters. The lowest BCUT2D eigenvalue weighted by Gasteiger charge is -2.30. The van der Waals surface area contributed by atoms with Gasteiger partial charge >= 0.3 is 4.77 Å². The monoisotopic (exact) mass is 254 g/mol. The first-order chi connectivity index (χ1) is 4.38. The van der Waals surface area contributed by atoms with Gasteiger partial charge in [-0.3, -0.25) is 4.81 Å². The maximum atomic E-state index is 5.16. The fourth-order valence-electron chi connectivity index (χ4n) is 0.663. The molecule has 1 fully saturated rings. The lowest BCUT2D eigenvalue weighted by atomic mass is 9.58. The van der Waals surface area contributed by atoms with Gasteiger partial charge in [0, 0.05) is 5.31 Å². The van der Waals surface area contributed by atoms with Crippen molar-refractivity contribution in [3.8, 4) is 0 Å². The standard InChI is InChI=1S/C6H12BIO2/c1-5(2)6(3,4)9-10-7(5)8/h1-4H3. The van der Waals surface area contributed by atoms with Crippen LogP contribution in [0, 0.1) is 0 Å². The Balaban J connectivity index is 2.84. The zero-order chi connectivity index (χ0) is 7.99. The van der Waals surface area contributed by atoms with Crippen LogP contribution in [-0.4, -0.2) is 10.4 Å². The van der Waals surface area contributed by atoms with Gasteiger partial charge in [-0.25, -0.2) is 4.89 Å². The van der Waals surface area contributed by atoms with Gasteiger partial charge in [-0.15, -0.1) is 22.4 Å². The Bertz CT molecular complexity index is 147. The van der Waals surface area contributed by atoms with E-state index >= 15 is 0 Å². The molecule has 1 rings (SSSR count). The van der Waals surface area contributed by atoms with E-state index in [4.69, 9.17) is 9.69 Å². The highest BCUT2D eigenvalue weighted by atomic mass is 127. The zero-order valence-electron chi connectivity index (χ0n) is 6.77. The molecule has 2 nitrogen and oxygen atoms in total. The Morgan fingerprint density at radius 2 is 1.70 bits per heavy atom. The molecule has 0 spiro atoms. The average molecular weight is 254 g/mol. The molecule has 0 bridgehead atoms. The van der Waals surface area contributed by atoms with Crippen molar-refractivity contribution in [2.45, 2.75) is 38.6 Å². The van der Waals surface area contributed by atoms with Crippen molar-refractivity contribution >= 4 is 27.1 Å². The first kappa shape index (κ1) is 8.81. The van der Waals surface area contributed by atoms with Crippen LogP contribution in [0.5, 0.6) is 0 Å². The molecule has 0 aliphatic carbocycles. The highest BCUT2D eigenvalue weighted by Gasteiger charge is 2.54. The molecule has 58 valence electrons. The van der Waals surface area contributed by atoms with Crippen LogP contribution in [0.4, 0.5) is 0 Å². The second-order valence-electron chi connectivity index (χ2n) is 3.73. The fourth-order valence-corrected chi connectivity index (χ4v) is 1.52. The van der Waals surface area contributed by atoms with Gasteiger partial charge in [0.2, 0.25) is 0 Å². The smallest absolute Gasteiger partial charge is 0.289 e. The van der Waals surface area contributed by atoms with E-state index in [1.165, 1.54) is 0 Å². The van der Waals surface area contributed by atoms with E-state index in [0.29, 0.717) is 0 Å². The minimum atomic E-state index is -0.168. The van der Waals surface area contributed by atoms with Crippen molar-refractivity contribution in [3.63, 3.8) is 0 Å². The highest BCUT2D eigenvalue weighted by molar-refractivity contribution is 14.1. The summed E-state index contributed by atoms with van der Waals surface area (Å²) in [4.78, 5) is 10.2. The molecule has 0 saturated carbocycles. The molecule has 4 heteroatoms. The van der Waals surface area contributed by atoms with E-state index < -0.39 is 0 Å². The van der Waals surface area contributed by atoms with E-state index in [1.807, 2.05) is 13.8 Å². The van der Waals surface area contributed by atoms with Gasteiger partial charge in [0.1, 0.15) is 0 Å². The van der Waals surface area contributed by atoms with E-state index in [-0.39, 0.29) is 15.7 Å². The maximum absolute atomic E-state index is 5.16. The van der Waals surface area contributed by atoms with Crippen LogP contribution in [0.1, 0.15) is 27.7 Å². The van der Waals surface area contributed by atoms with Crippen molar-refractivity contribution in [1.29, 1.82) is 0 Å². The molecule has 0 aromatic heterocycles. The minimum absolute atomic E-state index is 0.0908. The van der Waals surface area contributed by atoms with E-state index in [2.05, 4.69) is 36.2 Å². The summed E-state index contributed by atoms with van der Waals surface area (Å²) in [5.41, 5.74) is -0.168. The number of rotatable bonds is 0. The predicted octanol–water partition coefficient (Wildman–Crippen LogP) is 2.43. The second-order valence-corrected chi connectivity index (χ2v) is 4.86. The molecule has 0 aromatic carbocycles. The summed E-state index contributed by atoms with van der Waals surface area (Å²) in [6.45, 7) is 8.39. The van der Waals surface area contributed by atoms with Gasteiger partial charge < -0.3 is 0 Å². The third-order valence-electron chi connectivity index (χ3n) is 2.46. The molecule has 0 atom stereocenters. The van der Waals surface area contributed by atoms with Gasteiger partial charge in [0.05, 0.1) is 5.60 Å². The highest BCUT2D eigenvalue weighted by Crippen LogP contribution is 2.50. The Kier molecular flexibility index (Phi) is 2.07. The van der Waals surface area contributed by atoms with E-state index in [0.717, 1.165) is 0 Å². The first-order valence-corrected chi connectivity index (χ1v) is 4.61. The molecule has 1 heterocycles. The second kappa shape index (κ2) is 2.35. The van der Waals surface area contributed by atoms with Crippen LogP contribution in [0.15, 0.2) is 0 Å². The average Bonchev–Trinajstić information content (AvgIpc) is 1.94. The van der Waals surface area contributed by atoms with Gasteiger partial charge in [-0.2, -0.15) is 0 Å². The predicted molar refractivity (Wildman–Crippen MR) is 50.1 cm³/mol. The Morgan fingerprint density at radius 3 is 1.80 bits per heavy atom. The first-order valence-electron chi connectivity index (χ1n) is 3.36. The molecule has 1 aliphatic heterocycles. The third-order valence-corrected chi connectivity index (χ3v) is 4.22. The number of hydrogen-bond acceptors (Lipinski definition) is 2. The lowest BCUT2D eigenvalue weighted by molar-refractivity contribution is -0.260. The van der Waals surface area contributed by atoms with Crippen molar-refractivity contribution < 1.29 is 9.69 Å². The summed E-state index contributed by atoms with van der Waals surface area (Å²) in [6.07, 6.45) is 0. The topological polar surface area (TPSA) is 18.5 Å². The van der Waals surface area contributed by atoms with Crippen LogP contribution < -0.4 is 0 Å². The molecule has 1 saturated heterocycles.